The Balaban J connectivity index is 1.66. The number of H-pyrrole nitrogens is 1. The third kappa shape index (κ3) is 6.37. The van der Waals surface area contributed by atoms with Crippen LogP contribution in [0.5, 0.6) is 0 Å². The topological polar surface area (TPSA) is 158 Å². The number of allylic oxidation sites excluding steroid dienone is 4. The van der Waals surface area contributed by atoms with Crippen molar-refractivity contribution in [3.8, 4) is 11.3 Å². The van der Waals surface area contributed by atoms with Crippen LogP contribution >= 0.6 is 11.6 Å². The van der Waals surface area contributed by atoms with Gasteiger partial charge in [0.25, 0.3) is 0 Å². The maximum absolute atomic E-state index is 11.7. The lowest BCUT2D eigenvalue weighted by Crippen LogP contribution is -2.30. The summed E-state index contributed by atoms with van der Waals surface area (Å²) in [6.07, 6.45) is 9.93. The van der Waals surface area contributed by atoms with Crippen LogP contribution in [0.4, 0.5) is 17.1 Å². The fourth-order valence-corrected chi connectivity index (χ4v) is 5.18. The highest BCUT2D eigenvalue weighted by Gasteiger charge is 2.34. The van der Waals surface area contributed by atoms with Crippen LogP contribution in [0.15, 0.2) is 70.5 Å². The van der Waals surface area contributed by atoms with Gasteiger partial charge in [-0.05, 0) is 60.4 Å². The molecule has 0 bridgehead atoms. The predicted molar refractivity (Wildman–Crippen MR) is 165 cm³/mol. The maximum atomic E-state index is 11.7. The molecule has 4 rings (SSSR count). The van der Waals surface area contributed by atoms with Gasteiger partial charge in [0.05, 0.1) is 41.2 Å². The van der Waals surface area contributed by atoms with Gasteiger partial charge in [-0.3, -0.25) is 19.6 Å². The molecule has 0 spiro atoms. The number of carbonyl (C=O) groups excluding carboxylic acids is 2. The summed E-state index contributed by atoms with van der Waals surface area (Å²) in [4.78, 5) is 37.0. The molecule has 11 nitrogen and oxygen atoms in total. The number of anilines is 2. The Hall–Kier alpha value is -4.74. The van der Waals surface area contributed by atoms with Crippen LogP contribution in [-0.4, -0.2) is 54.1 Å². The number of hydrazine groups is 1. The van der Waals surface area contributed by atoms with Crippen molar-refractivity contribution in [1.82, 2.24) is 14.9 Å². The van der Waals surface area contributed by atoms with Gasteiger partial charge < -0.3 is 21.0 Å². The monoisotopic (exact) mass is 573 g/mol. The minimum Gasteiger partial charge on any atom is -0.386 e. The number of hydrogen-bond donors (Lipinski definition) is 4. The number of nitrogens with two attached hydrogens (primary N) is 2. The van der Waals surface area contributed by atoms with Crippen LogP contribution < -0.4 is 22.0 Å². The van der Waals surface area contributed by atoms with Crippen molar-refractivity contribution in [2.75, 3.05) is 24.4 Å². The molecule has 1 aliphatic rings. The Morgan fingerprint density at radius 3 is 2.76 bits per heavy atom. The van der Waals surface area contributed by atoms with Crippen molar-refractivity contribution >= 4 is 59.4 Å². The molecule has 3 aromatic rings. The molecule has 1 aliphatic heterocycles. The van der Waals surface area contributed by atoms with Gasteiger partial charge in [0.1, 0.15) is 18.4 Å². The average molecular weight is 574 g/mol. The van der Waals surface area contributed by atoms with Crippen LogP contribution in [-0.2, 0) is 9.59 Å². The molecule has 1 aromatic heterocycles. The highest BCUT2D eigenvalue weighted by Crippen LogP contribution is 2.42. The van der Waals surface area contributed by atoms with E-state index in [9.17, 15) is 9.59 Å². The first-order valence-corrected chi connectivity index (χ1v) is 13.2. The Labute approximate surface area is 243 Å². The summed E-state index contributed by atoms with van der Waals surface area (Å²) < 4.78 is 0. The molecule has 0 saturated carbocycles. The van der Waals surface area contributed by atoms with Crippen LogP contribution in [0.1, 0.15) is 30.8 Å². The second-order valence-electron chi connectivity index (χ2n) is 9.50. The number of nitrogens with one attached hydrogen (secondary N) is 2. The van der Waals surface area contributed by atoms with Gasteiger partial charge in [0, 0.05) is 35.9 Å². The normalized spacial score (nSPS) is 18.5. The molecular weight excluding hydrogens is 542 g/mol. The summed E-state index contributed by atoms with van der Waals surface area (Å²) in [5.41, 5.74) is 6.07. The van der Waals surface area contributed by atoms with E-state index in [1.165, 1.54) is 23.6 Å². The number of benzene rings is 2. The smallest absolute Gasteiger partial charge is 0.161 e. The molecule has 2 atom stereocenters. The molecule has 12 heteroatoms. The standard InChI is InChI=1S/C29H32ClN9O2/c1-18-12-28(29-35-16-25(37-29)20-4-6-23(33-2)24(13-20)34-9-11-41)38(3)27(18)14-19(8-10-40)22-15-21(30)5-7-26(22)39(32)17-36-31/h4-11,13-18,28,33H,12,31-32H2,1-3H3,(H,35,37)/b19-8+,27-14-,34-9?,36-17-/t18-,28?/m1/s1. The van der Waals surface area contributed by atoms with Crippen LogP contribution in [0.3, 0.4) is 0 Å². The van der Waals surface area contributed by atoms with E-state index < -0.39 is 0 Å². The lowest BCUT2D eigenvalue weighted by atomic mass is 9.98. The summed E-state index contributed by atoms with van der Waals surface area (Å²) in [6, 6.07) is 10.9. The van der Waals surface area contributed by atoms with Crippen LogP contribution in [0.2, 0.25) is 5.02 Å². The molecule has 1 fully saturated rings. The lowest BCUT2D eigenvalue weighted by molar-refractivity contribution is -0.104. The molecule has 0 radical (unpaired) electrons. The van der Waals surface area contributed by atoms with Gasteiger partial charge in [-0.25, -0.2) is 10.8 Å². The fraction of sp³-hybridized carbons (Fsp3) is 0.207. The molecule has 2 heterocycles. The molecule has 1 unspecified atom stereocenters. The van der Waals surface area contributed by atoms with E-state index in [-0.39, 0.29) is 12.0 Å². The predicted octanol–water partition coefficient (Wildman–Crippen LogP) is 4.43. The number of hydrazone groups is 1. The largest absolute Gasteiger partial charge is 0.386 e. The minimum atomic E-state index is -0.0270. The first-order chi connectivity index (χ1) is 19.8. The highest BCUT2D eigenvalue weighted by molar-refractivity contribution is 6.31. The van der Waals surface area contributed by atoms with E-state index in [0.717, 1.165) is 41.2 Å². The van der Waals surface area contributed by atoms with E-state index in [0.29, 0.717) is 33.8 Å². The Kier molecular flexibility index (Phi) is 9.33. The van der Waals surface area contributed by atoms with Crippen molar-refractivity contribution in [3.63, 3.8) is 0 Å². The summed E-state index contributed by atoms with van der Waals surface area (Å²) in [7, 11) is 3.80. The minimum absolute atomic E-state index is 0.0270. The SMILES string of the molecule is CNc1ccc(-c2cnc(C3C[C@@H](C)/C(=C/C(=C\C=O)c4cc(Cl)ccc4N(N)/C=N\N)N3C)[nH]2)cc1N=CC=O. The number of imidazole rings is 1. The number of halogens is 1. The highest BCUT2D eigenvalue weighted by atomic mass is 35.5. The molecule has 1 saturated heterocycles. The first kappa shape index (κ1) is 29.2. The number of nitrogens with zero attached hydrogens (tertiary/aromatic N) is 5. The van der Waals surface area contributed by atoms with E-state index >= 15 is 0 Å². The second-order valence-corrected chi connectivity index (χ2v) is 9.94. The van der Waals surface area contributed by atoms with Crippen LogP contribution in [0.25, 0.3) is 16.8 Å². The Morgan fingerprint density at radius 2 is 2.05 bits per heavy atom. The van der Waals surface area contributed by atoms with Crippen molar-refractivity contribution < 1.29 is 9.59 Å². The van der Waals surface area contributed by atoms with Crippen molar-refractivity contribution in [2.45, 2.75) is 19.4 Å². The maximum Gasteiger partial charge on any atom is 0.161 e. The van der Waals surface area contributed by atoms with E-state index in [1.807, 2.05) is 31.3 Å². The van der Waals surface area contributed by atoms with Crippen molar-refractivity contribution in [2.24, 2.45) is 27.7 Å². The molecule has 0 amide bonds. The first-order valence-electron chi connectivity index (χ1n) is 12.8. The van der Waals surface area contributed by atoms with E-state index in [1.54, 1.807) is 31.4 Å². The molecular formula is C29H32ClN9O2. The van der Waals surface area contributed by atoms with E-state index in [2.05, 4.69) is 32.2 Å². The lowest BCUT2D eigenvalue weighted by Gasteiger charge is -2.23. The second kappa shape index (κ2) is 13.1. The number of aldehydes is 2. The summed E-state index contributed by atoms with van der Waals surface area (Å²) in [6.45, 7) is 2.13. The Morgan fingerprint density at radius 1 is 1.24 bits per heavy atom. The molecule has 0 aliphatic carbocycles. The fourth-order valence-electron chi connectivity index (χ4n) is 5.01. The molecule has 212 valence electrons. The number of aromatic amines is 1. The number of aliphatic imine (C=N–C) groups is 1. The third-order valence-electron chi connectivity index (χ3n) is 7.01. The van der Waals surface area contributed by atoms with Crippen molar-refractivity contribution in [3.05, 3.63) is 76.9 Å². The Bertz CT molecular complexity index is 1540. The molecule has 2 aromatic carbocycles. The summed E-state index contributed by atoms with van der Waals surface area (Å²) >= 11 is 6.32. The molecule has 41 heavy (non-hydrogen) atoms. The van der Waals surface area contributed by atoms with Gasteiger partial charge >= 0.3 is 0 Å². The third-order valence-corrected chi connectivity index (χ3v) is 7.25. The van der Waals surface area contributed by atoms with Gasteiger partial charge in [0.15, 0.2) is 6.29 Å². The van der Waals surface area contributed by atoms with E-state index in [4.69, 9.17) is 28.3 Å². The zero-order chi connectivity index (χ0) is 29.5. The number of likely N-dealkylation sites (tertiary alicyclic amines) is 1. The van der Waals surface area contributed by atoms with Crippen molar-refractivity contribution in [1.29, 1.82) is 0 Å². The summed E-state index contributed by atoms with van der Waals surface area (Å²) in [5.74, 6) is 12.4. The van der Waals surface area contributed by atoms with Gasteiger partial charge in [-0.1, -0.05) is 24.6 Å². The summed E-state index contributed by atoms with van der Waals surface area (Å²) in [5, 5.41) is 8.35. The van der Waals surface area contributed by atoms with Gasteiger partial charge in [-0.2, -0.15) is 5.10 Å². The van der Waals surface area contributed by atoms with Gasteiger partial charge in [0.2, 0.25) is 0 Å². The quantitative estimate of drug-likeness (QED) is 0.0692. The number of hydrogen-bond acceptors (Lipinski definition) is 9. The number of rotatable bonds is 10. The molecule has 6 N–H and O–H groups in total. The average Bonchev–Trinajstić information content (AvgIpc) is 3.56. The van der Waals surface area contributed by atoms with Crippen LogP contribution in [0, 0.1) is 5.92 Å². The van der Waals surface area contributed by atoms with Gasteiger partial charge in [-0.15, -0.1) is 0 Å². The zero-order valence-electron chi connectivity index (χ0n) is 23.0. The zero-order valence-corrected chi connectivity index (χ0v) is 23.7. The number of aromatic nitrogens is 2. The number of carbonyl (C=O) groups is 2.